The van der Waals surface area contributed by atoms with Crippen molar-refractivity contribution in [2.24, 2.45) is 0 Å². The molecule has 0 spiro atoms. The van der Waals surface area contributed by atoms with Crippen molar-refractivity contribution in [1.29, 1.82) is 0 Å². The minimum atomic E-state index is -0.726. The SMILES string of the molecule is CCn1c(O)c(F)c(C)cc1=O. The Balaban J connectivity index is 3.52. The highest BCUT2D eigenvalue weighted by atomic mass is 19.1. The topological polar surface area (TPSA) is 42.2 Å². The molecule has 66 valence electrons. The molecule has 0 amide bonds. The number of nitrogens with zero attached hydrogens (tertiary/aromatic N) is 1. The zero-order chi connectivity index (χ0) is 9.30. The summed E-state index contributed by atoms with van der Waals surface area (Å²) in [5.74, 6) is -1.31. The first-order valence-corrected chi connectivity index (χ1v) is 3.66. The zero-order valence-electron chi connectivity index (χ0n) is 6.97. The average Bonchev–Trinajstić information content (AvgIpc) is 2.01. The van der Waals surface area contributed by atoms with Gasteiger partial charge in [-0.15, -0.1) is 0 Å². The van der Waals surface area contributed by atoms with Crippen LogP contribution in [0.3, 0.4) is 0 Å². The highest BCUT2D eigenvalue weighted by Crippen LogP contribution is 2.15. The first-order valence-electron chi connectivity index (χ1n) is 3.66. The molecule has 12 heavy (non-hydrogen) atoms. The van der Waals surface area contributed by atoms with Gasteiger partial charge in [0.1, 0.15) is 0 Å². The average molecular weight is 171 g/mol. The molecular formula is C8H10FNO2. The quantitative estimate of drug-likeness (QED) is 0.685. The molecule has 0 bridgehead atoms. The molecule has 0 aliphatic carbocycles. The van der Waals surface area contributed by atoms with Crippen LogP contribution in [0.1, 0.15) is 12.5 Å². The zero-order valence-corrected chi connectivity index (χ0v) is 6.97. The van der Waals surface area contributed by atoms with Gasteiger partial charge in [0.25, 0.3) is 5.56 Å². The van der Waals surface area contributed by atoms with Gasteiger partial charge in [-0.25, -0.2) is 4.39 Å². The van der Waals surface area contributed by atoms with E-state index < -0.39 is 11.7 Å². The second-order valence-electron chi connectivity index (χ2n) is 2.55. The van der Waals surface area contributed by atoms with Crippen LogP contribution in [-0.4, -0.2) is 9.67 Å². The van der Waals surface area contributed by atoms with Gasteiger partial charge in [-0.05, 0) is 19.4 Å². The van der Waals surface area contributed by atoms with E-state index in [0.717, 1.165) is 4.57 Å². The lowest BCUT2D eigenvalue weighted by molar-refractivity contribution is 0.372. The van der Waals surface area contributed by atoms with Crippen molar-refractivity contribution in [3.05, 3.63) is 27.8 Å². The van der Waals surface area contributed by atoms with Crippen molar-refractivity contribution in [2.75, 3.05) is 0 Å². The molecule has 0 radical (unpaired) electrons. The van der Waals surface area contributed by atoms with Crippen LogP contribution in [0.15, 0.2) is 10.9 Å². The molecule has 0 saturated carbocycles. The van der Waals surface area contributed by atoms with E-state index in [2.05, 4.69) is 0 Å². The lowest BCUT2D eigenvalue weighted by Crippen LogP contribution is -2.19. The number of hydrogen-bond donors (Lipinski definition) is 1. The molecule has 4 heteroatoms. The Morgan fingerprint density at radius 1 is 1.67 bits per heavy atom. The van der Waals surface area contributed by atoms with Crippen molar-refractivity contribution in [3.63, 3.8) is 0 Å². The van der Waals surface area contributed by atoms with E-state index in [9.17, 15) is 9.18 Å². The predicted octanol–water partition coefficient (Wildman–Crippen LogP) is 1.02. The number of halogens is 1. The largest absolute Gasteiger partial charge is 0.492 e. The molecule has 0 fully saturated rings. The standard InChI is InChI=1S/C8H10FNO2/c1-3-10-6(11)4-5(2)7(9)8(10)12/h4,12H,3H2,1-2H3. The van der Waals surface area contributed by atoms with Crippen LogP contribution >= 0.6 is 0 Å². The molecule has 1 heterocycles. The highest BCUT2D eigenvalue weighted by Gasteiger charge is 2.10. The summed E-state index contributed by atoms with van der Waals surface area (Å²) < 4.78 is 13.9. The van der Waals surface area contributed by atoms with Crippen molar-refractivity contribution < 1.29 is 9.50 Å². The Labute approximate surface area is 69.1 Å². The number of pyridine rings is 1. The summed E-state index contributed by atoms with van der Waals surface area (Å²) in [4.78, 5) is 11.1. The highest BCUT2D eigenvalue weighted by molar-refractivity contribution is 5.22. The van der Waals surface area contributed by atoms with E-state index in [1.807, 2.05) is 0 Å². The molecular weight excluding hydrogens is 161 g/mol. The van der Waals surface area contributed by atoms with Crippen molar-refractivity contribution in [2.45, 2.75) is 20.4 Å². The molecule has 1 aromatic rings. The monoisotopic (exact) mass is 171 g/mol. The van der Waals surface area contributed by atoms with Crippen LogP contribution in [0.25, 0.3) is 0 Å². The number of aromatic hydroxyl groups is 1. The number of rotatable bonds is 1. The number of hydrogen-bond acceptors (Lipinski definition) is 2. The molecule has 0 atom stereocenters. The second kappa shape index (κ2) is 2.97. The van der Waals surface area contributed by atoms with E-state index in [1.54, 1.807) is 6.92 Å². The Hall–Kier alpha value is -1.32. The van der Waals surface area contributed by atoms with E-state index in [4.69, 9.17) is 5.11 Å². The molecule has 0 aromatic carbocycles. The third kappa shape index (κ3) is 1.20. The molecule has 1 N–H and O–H groups in total. The molecule has 0 saturated heterocycles. The Morgan fingerprint density at radius 3 is 2.75 bits per heavy atom. The summed E-state index contributed by atoms with van der Waals surface area (Å²) in [5, 5.41) is 9.15. The second-order valence-corrected chi connectivity index (χ2v) is 2.55. The van der Waals surface area contributed by atoms with Gasteiger partial charge in [0.2, 0.25) is 5.88 Å². The Kier molecular flexibility index (Phi) is 2.17. The molecule has 1 aromatic heterocycles. The normalized spacial score (nSPS) is 10.2. The fourth-order valence-electron chi connectivity index (χ4n) is 1.03. The molecule has 3 nitrogen and oxygen atoms in total. The maximum atomic E-state index is 12.9. The van der Waals surface area contributed by atoms with Crippen LogP contribution in [0, 0.1) is 12.7 Å². The minimum Gasteiger partial charge on any atom is -0.492 e. The van der Waals surface area contributed by atoms with Gasteiger partial charge in [0.15, 0.2) is 5.82 Å². The first-order chi connectivity index (χ1) is 5.57. The van der Waals surface area contributed by atoms with E-state index >= 15 is 0 Å². The molecule has 0 aliphatic heterocycles. The van der Waals surface area contributed by atoms with E-state index in [-0.39, 0.29) is 17.7 Å². The van der Waals surface area contributed by atoms with E-state index in [0.29, 0.717) is 0 Å². The van der Waals surface area contributed by atoms with Crippen LogP contribution in [0.5, 0.6) is 5.88 Å². The van der Waals surface area contributed by atoms with Crippen LogP contribution in [0.2, 0.25) is 0 Å². The predicted molar refractivity (Wildman–Crippen MR) is 42.7 cm³/mol. The smallest absolute Gasteiger partial charge is 0.253 e. The van der Waals surface area contributed by atoms with Crippen molar-refractivity contribution in [3.8, 4) is 5.88 Å². The summed E-state index contributed by atoms with van der Waals surface area (Å²) in [6.45, 7) is 3.37. The fraction of sp³-hybridized carbons (Fsp3) is 0.375. The maximum Gasteiger partial charge on any atom is 0.253 e. The summed E-state index contributed by atoms with van der Waals surface area (Å²) in [6.07, 6.45) is 0. The summed E-state index contributed by atoms with van der Waals surface area (Å²) in [5.41, 5.74) is -0.212. The van der Waals surface area contributed by atoms with Gasteiger partial charge in [-0.1, -0.05) is 0 Å². The minimum absolute atomic E-state index is 0.169. The lowest BCUT2D eigenvalue weighted by Gasteiger charge is -2.06. The van der Waals surface area contributed by atoms with Gasteiger partial charge in [-0.3, -0.25) is 9.36 Å². The number of aryl methyl sites for hydroxylation is 1. The summed E-state index contributed by atoms with van der Waals surface area (Å²) in [7, 11) is 0. The fourth-order valence-corrected chi connectivity index (χ4v) is 1.03. The van der Waals surface area contributed by atoms with Crippen LogP contribution < -0.4 is 5.56 Å². The van der Waals surface area contributed by atoms with Crippen molar-refractivity contribution in [1.82, 2.24) is 4.57 Å². The van der Waals surface area contributed by atoms with Crippen molar-refractivity contribution >= 4 is 0 Å². The van der Waals surface area contributed by atoms with Gasteiger partial charge in [0, 0.05) is 12.6 Å². The van der Waals surface area contributed by atoms with Gasteiger partial charge in [-0.2, -0.15) is 0 Å². The summed E-state index contributed by atoms with van der Waals surface area (Å²) >= 11 is 0. The third-order valence-corrected chi connectivity index (χ3v) is 1.72. The molecule has 0 unspecified atom stereocenters. The van der Waals surface area contributed by atoms with E-state index in [1.165, 1.54) is 13.0 Å². The number of aromatic nitrogens is 1. The Morgan fingerprint density at radius 2 is 2.25 bits per heavy atom. The summed E-state index contributed by atoms with van der Waals surface area (Å²) in [6, 6.07) is 1.17. The van der Waals surface area contributed by atoms with Gasteiger partial charge < -0.3 is 5.11 Å². The molecule has 1 rings (SSSR count). The van der Waals surface area contributed by atoms with Crippen LogP contribution in [-0.2, 0) is 6.54 Å². The van der Waals surface area contributed by atoms with Gasteiger partial charge in [0.05, 0.1) is 0 Å². The Bertz CT molecular complexity index is 357. The first kappa shape index (κ1) is 8.77. The van der Waals surface area contributed by atoms with Gasteiger partial charge >= 0.3 is 0 Å². The molecule has 0 aliphatic rings. The maximum absolute atomic E-state index is 12.9. The lowest BCUT2D eigenvalue weighted by atomic mass is 10.3. The third-order valence-electron chi connectivity index (χ3n) is 1.72. The van der Waals surface area contributed by atoms with Crippen LogP contribution in [0.4, 0.5) is 4.39 Å².